The molecule has 0 aromatic carbocycles. The molecule has 1 fully saturated rings. The number of anilines is 1. The Hall–Kier alpha value is -1.62. The van der Waals surface area contributed by atoms with Crippen LogP contribution in [0.3, 0.4) is 0 Å². The average molecular weight is 218 g/mol. The first-order valence-corrected chi connectivity index (χ1v) is 5.48. The Kier molecular flexibility index (Phi) is 2.07. The predicted octanol–water partition coefficient (Wildman–Crippen LogP) is 1.71. The van der Waals surface area contributed by atoms with E-state index in [0.717, 1.165) is 23.9 Å². The summed E-state index contributed by atoms with van der Waals surface area (Å²) >= 11 is 0. The summed E-state index contributed by atoms with van der Waals surface area (Å²) in [5.41, 5.74) is 6.64. The first-order chi connectivity index (χ1) is 7.75. The Balaban J connectivity index is 2.08. The lowest BCUT2D eigenvalue weighted by molar-refractivity contribution is 0.0135. The quantitative estimate of drug-likeness (QED) is 0.791. The highest BCUT2D eigenvalue weighted by atomic mass is 16.5. The molecule has 5 nitrogen and oxygen atoms in total. The van der Waals surface area contributed by atoms with Crippen molar-refractivity contribution in [2.45, 2.75) is 32.1 Å². The lowest BCUT2D eigenvalue weighted by atomic mass is 10.2. The number of nitrogens with two attached hydrogens (primary N) is 1. The summed E-state index contributed by atoms with van der Waals surface area (Å²) in [5, 5.41) is 0.894. The second kappa shape index (κ2) is 3.45. The number of fused-ring (bicyclic) bond motifs is 1. The molecule has 16 heavy (non-hydrogen) atoms. The molecular formula is C11H14N4O. The van der Waals surface area contributed by atoms with Gasteiger partial charge in [0.1, 0.15) is 24.0 Å². The highest BCUT2D eigenvalue weighted by Crippen LogP contribution is 2.31. The summed E-state index contributed by atoms with van der Waals surface area (Å²) in [6.07, 6.45) is 5.98. The zero-order chi connectivity index (χ0) is 11.1. The third kappa shape index (κ3) is 1.36. The molecule has 2 unspecified atom stereocenters. The fraction of sp³-hybridized carbons (Fsp3) is 0.455. The molecule has 84 valence electrons. The van der Waals surface area contributed by atoms with Crippen LogP contribution in [0.2, 0.25) is 0 Å². The van der Waals surface area contributed by atoms with Crippen LogP contribution in [0.25, 0.3) is 11.0 Å². The van der Waals surface area contributed by atoms with Gasteiger partial charge in [0.05, 0.1) is 11.5 Å². The molecular weight excluding hydrogens is 204 g/mol. The van der Waals surface area contributed by atoms with Crippen molar-refractivity contribution in [1.29, 1.82) is 0 Å². The maximum absolute atomic E-state index is 5.82. The molecule has 0 saturated carbocycles. The van der Waals surface area contributed by atoms with Crippen molar-refractivity contribution in [3.63, 3.8) is 0 Å². The first-order valence-electron chi connectivity index (χ1n) is 5.48. The lowest BCUT2D eigenvalue weighted by Gasteiger charge is -2.13. The maximum atomic E-state index is 5.82. The fourth-order valence-corrected chi connectivity index (χ4v) is 2.21. The van der Waals surface area contributed by atoms with E-state index in [2.05, 4.69) is 16.9 Å². The Morgan fingerprint density at radius 1 is 1.44 bits per heavy atom. The number of hydrogen-bond acceptors (Lipinski definition) is 4. The number of hydrogen-bond donors (Lipinski definition) is 1. The van der Waals surface area contributed by atoms with E-state index in [1.165, 1.54) is 6.33 Å². The van der Waals surface area contributed by atoms with Crippen molar-refractivity contribution in [2.75, 3.05) is 5.73 Å². The van der Waals surface area contributed by atoms with E-state index in [1.54, 1.807) is 0 Å². The number of ether oxygens (including phenoxy) is 1. The second-order valence-corrected chi connectivity index (χ2v) is 4.20. The second-order valence-electron chi connectivity index (χ2n) is 4.20. The zero-order valence-electron chi connectivity index (χ0n) is 9.13. The molecule has 0 aliphatic carbocycles. The van der Waals surface area contributed by atoms with E-state index >= 15 is 0 Å². The molecule has 3 heterocycles. The molecule has 5 heteroatoms. The van der Waals surface area contributed by atoms with Crippen LogP contribution in [0.1, 0.15) is 26.0 Å². The largest absolute Gasteiger partial charge is 0.383 e. The van der Waals surface area contributed by atoms with Gasteiger partial charge in [0.25, 0.3) is 0 Å². The topological polar surface area (TPSA) is 66.0 Å². The van der Waals surface area contributed by atoms with Gasteiger partial charge in [-0.15, -0.1) is 0 Å². The summed E-state index contributed by atoms with van der Waals surface area (Å²) in [4.78, 5) is 8.24. The molecule has 1 saturated heterocycles. The van der Waals surface area contributed by atoms with E-state index < -0.39 is 0 Å². The third-order valence-electron chi connectivity index (χ3n) is 3.06. The molecule has 2 atom stereocenters. The zero-order valence-corrected chi connectivity index (χ0v) is 9.13. The standard InChI is InChI=1S/C11H14N4O/c1-7-2-3-9(16-7)15-5-4-8-10(12)13-6-14-11(8)15/h4-7,9H,2-3H2,1H3,(H2,12,13,14). The third-order valence-corrected chi connectivity index (χ3v) is 3.06. The van der Waals surface area contributed by atoms with Gasteiger partial charge in [-0.25, -0.2) is 9.97 Å². The minimum Gasteiger partial charge on any atom is -0.383 e. The van der Waals surface area contributed by atoms with Crippen LogP contribution in [0.4, 0.5) is 5.82 Å². The van der Waals surface area contributed by atoms with E-state index in [0.29, 0.717) is 11.9 Å². The molecule has 2 aromatic rings. The molecule has 0 spiro atoms. The number of rotatable bonds is 1. The van der Waals surface area contributed by atoms with Crippen LogP contribution in [-0.4, -0.2) is 20.6 Å². The van der Waals surface area contributed by atoms with Crippen LogP contribution in [0.5, 0.6) is 0 Å². The van der Waals surface area contributed by atoms with Crippen molar-refractivity contribution >= 4 is 16.9 Å². The average Bonchev–Trinajstić information content (AvgIpc) is 2.84. The smallest absolute Gasteiger partial charge is 0.147 e. The van der Waals surface area contributed by atoms with Crippen LogP contribution in [0.15, 0.2) is 18.6 Å². The van der Waals surface area contributed by atoms with Gasteiger partial charge in [-0.1, -0.05) is 0 Å². The summed E-state index contributed by atoms with van der Waals surface area (Å²) in [5.74, 6) is 0.523. The summed E-state index contributed by atoms with van der Waals surface area (Å²) in [7, 11) is 0. The van der Waals surface area contributed by atoms with Gasteiger partial charge in [0.2, 0.25) is 0 Å². The van der Waals surface area contributed by atoms with Crippen molar-refractivity contribution in [1.82, 2.24) is 14.5 Å². The van der Waals surface area contributed by atoms with Crippen molar-refractivity contribution in [3.8, 4) is 0 Å². The van der Waals surface area contributed by atoms with Crippen LogP contribution < -0.4 is 5.73 Å². The van der Waals surface area contributed by atoms with Gasteiger partial charge in [-0.2, -0.15) is 0 Å². The van der Waals surface area contributed by atoms with Gasteiger partial charge in [-0.3, -0.25) is 0 Å². The number of nitrogens with zero attached hydrogens (tertiary/aromatic N) is 3. The summed E-state index contributed by atoms with van der Waals surface area (Å²) in [6.45, 7) is 2.09. The molecule has 3 rings (SSSR count). The lowest BCUT2D eigenvalue weighted by Crippen LogP contribution is -2.09. The van der Waals surface area contributed by atoms with E-state index in [9.17, 15) is 0 Å². The number of nitrogen functional groups attached to an aromatic ring is 1. The first kappa shape index (κ1) is 9.59. The molecule has 0 bridgehead atoms. The van der Waals surface area contributed by atoms with Crippen molar-refractivity contribution in [2.24, 2.45) is 0 Å². The molecule has 1 aliphatic rings. The minimum atomic E-state index is 0.0850. The number of aromatic nitrogens is 3. The van der Waals surface area contributed by atoms with Crippen LogP contribution in [-0.2, 0) is 4.74 Å². The predicted molar refractivity (Wildman–Crippen MR) is 60.8 cm³/mol. The minimum absolute atomic E-state index is 0.0850. The molecule has 2 N–H and O–H groups in total. The van der Waals surface area contributed by atoms with Crippen LogP contribution >= 0.6 is 0 Å². The van der Waals surface area contributed by atoms with Gasteiger partial charge < -0.3 is 15.0 Å². The highest BCUT2D eigenvalue weighted by Gasteiger charge is 2.24. The van der Waals surface area contributed by atoms with E-state index in [-0.39, 0.29) is 6.23 Å². The normalized spacial score (nSPS) is 25.3. The van der Waals surface area contributed by atoms with Gasteiger partial charge in [0, 0.05) is 6.20 Å². The van der Waals surface area contributed by atoms with Gasteiger partial charge >= 0.3 is 0 Å². The van der Waals surface area contributed by atoms with Crippen molar-refractivity contribution in [3.05, 3.63) is 18.6 Å². The summed E-state index contributed by atoms with van der Waals surface area (Å²) < 4.78 is 7.85. The van der Waals surface area contributed by atoms with Gasteiger partial charge in [0.15, 0.2) is 0 Å². The van der Waals surface area contributed by atoms with E-state index in [1.807, 2.05) is 16.8 Å². The van der Waals surface area contributed by atoms with Crippen molar-refractivity contribution < 1.29 is 4.74 Å². The van der Waals surface area contributed by atoms with Crippen LogP contribution in [0, 0.1) is 0 Å². The SMILES string of the molecule is CC1CCC(n2ccc3c(N)ncnc32)O1. The highest BCUT2D eigenvalue weighted by molar-refractivity contribution is 5.86. The Labute approximate surface area is 93.2 Å². The Morgan fingerprint density at radius 3 is 3.06 bits per heavy atom. The Bertz CT molecular complexity index is 522. The summed E-state index contributed by atoms with van der Waals surface area (Å²) in [6, 6.07) is 1.94. The monoisotopic (exact) mass is 218 g/mol. The molecule has 2 aromatic heterocycles. The molecule has 0 radical (unpaired) electrons. The fourth-order valence-electron chi connectivity index (χ4n) is 2.21. The maximum Gasteiger partial charge on any atom is 0.147 e. The van der Waals surface area contributed by atoms with Gasteiger partial charge in [-0.05, 0) is 25.8 Å². The molecule has 1 aliphatic heterocycles. The molecule has 0 amide bonds. The Morgan fingerprint density at radius 2 is 2.31 bits per heavy atom. The van der Waals surface area contributed by atoms with E-state index in [4.69, 9.17) is 10.5 Å².